The molecule has 0 spiro atoms. The van der Waals surface area contributed by atoms with Gasteiger partial charge in [-0.15, -0.1) is 0 Å². The Morgan fingerprint density at radius 2 is 1.10 bits per heavy atom. The first-order valence-corrected chi connectivity index (χ1v) is 4.63. The zero-order valence-corrected chi connectivity index (χ0v) is 7.09. The fourth-order valence-electron chi connectivity index (χ4n) is 0.201. The molecule has 0 aliphatic heterocycles. The van der Waals surface area contributed by atoms with Crippen molar-refractivity contribution in [1.29, 1.82) is 15.8 Å². The van der Waals surface area contributed by atoms with E-state index in [9.17, 15) is 0 Å². The van der Waals surface area contributed by atoms with Gasteiger partial charge in [0, 0.05) is 0 Å². The third-order valence-corrected chi connectivity index (χ3v) is 3.07. The van der Waals surface area contributed by atoms with Crippen LogP contribution in [0.15, 0.2) is 0 Å². The van der Waals surface area contributed by atoms with E-state index >= 15 is 0 Å². The second-order valence-corrected chi connectivity index (χ2v) is 4.48. The fourth-order valence-corrected chi connectivity index (χ4v) is 1.81. The molecule has 0 aromatic heterocycles. The summed E-state index contributed by atoms with van der Waals surface area (Å²) >= 11 is 2.74. The van der Waals surface area contributed by atoms with Gasteiger partial charge in [-0.1, -0.05) is 0 Å². The first-order chi connectivity index (χ1) is 4.85. The molecule has 0 amide bonds. The zero-order chi connectivity index (χ0) is 7.82. The van der Waals surface area contributed by atoms with Gasteiger partial charge in [0.2, 0.25) is 0 Å². The molecule has 0 saturated heterocycles. The van der Waals surface area contributed by atoms with Crippen molar-refractivity contribution < 1.29 is 0 Å². The van der Waals surface area contributed by atoms with Crippen molar-refractivity contribution >= 4 is 35.3 Å². The van der Waals surface area contributed by atoms with Crippen LogP contribution in [-0.4, -0.2) is 3.91 Å². The van der Waals surface area contributed by atoms with Gasteiger partial charge in [-0.05, 0) is 35.3 Å². The van der Waals surface area contributed by atoms with Gasteiger partial charge in [-0.3, -0.25) is 0 Å². The van der Waals surface area contributed by atoms with Gasteiger partial charge in [0.25, 0.3) is 0 Å². The molecule has 0 heterocycles. The first kappa shape index (κ1) is 9.52. The predicted octanol–water partition coefficient (Wildman–Crippen LogP) is 1.91. The molecule has 10 heavy (non-hydrogen) atoms. The molecule has 0 unspecified atom stereocenters. The highest BCUT2D eigenvalue weighted by molar-refractivity contribution is 8.35. The van der Waals surface area contributed by atoms with Crippen LogP contribution in [0.3, 0.4) is 0 Å². The van der Waals surface area contributed by atoms with Crippen LogP contribution < -0.4 is 0 Å². The van der Waals surface area contributed by atoms with Crippen LogP contribution in [0.2, 0.25) is 0 Å². The van der Waals surface area contributed by atoms with Crippen LogP contribution in [0.1, 0.15) is 0 Å². The molecule has 50 valence electrons. The molecule has 0 atom stereocenters. The molecule has 0 radical (unpaired) electrons. The van der Waals surface area contributed by atoms with Gasteiger partial charge < -0.3 is 0 Å². The molecular weight excluding hydrogens is 186 g/mol. The Morgan fingerprint density at radius 1 is 0.800 bits per heavy atom. The van der Waals surface area contributed by atoms with Crippen molar-refractivity contribution in [2.45, 2.75) is 3.91 Å². The highest BCUT2D eigenvalue weighted by atomic mass is 32.3. The van der Waals surface area contributed by atoms with Crippen LogP contribution in [0, 0.1) is 32.0 Å². The largest absolute Gasteiger partial charge is 0.185 e. The summed E-state index contributed by atoms with van der Waals surface area (Å²) in [5, 5.41) is 29.9. The van der Waals surface area contributed by atoms with E-state index in [4.69, 9.17) is 15.8 Å². The smallest absolute Gasteiger partial charge is 0.138 e. The molecule has 0 N–H and O–H groups in total. The Hall–Kier alpha value is -0.480. The van der Waals surface area contributed by atoms with Crippen molar-refractivity contribution in [2.24, 2.45) is 0 Å². The lowest BCUT2D eigenvalue weighted by Gasteiger charge is -1.97. The quantitative estimate of drug-likeness (QED) is 0.496. The SMILES string of the molecule is N#CSC(SC#N)SC#N. The van der Waals surface area contributed by atoms with E-state index in [2.05, 4.69) is 0 Å². The van der Waals surface area contributed by atoms with Gasteiger partial charge in [0.15, 0.2) is 0 Å². The molecular formula is C4HN3S3. The number of hydrogen-bond donors (Lipinski definition) is 0. The molecule has 0 aromatic carbocycles. The fraction of sp³-hybridized carbons (Fsp3) is 0.250. The standard InChI is InChI=1S/C4HN3S3/c5-1-8-4(9-2-6)10-3-7/h4H. The van der Waals surface area contributed by atoms with E-state index in [1.54, 1.807) is 0 Å². The highest BCUT2D eigenvalue weighted by Crippen LogP contribution is 2.31. The molecule has 0 aliphatic rings. The number of rotatable bonds is 3. The monoisotopic (exact) mass is 187 g/mol. The summed E-state index contributed by atoms with van der Waals surface area (Å²) in [7, 11) is 0. The van der Waals surface area contributed by atoms with Crippen molar-refractivity contribution in [3.05, 3.63) is 0 Å². The summed E-state index contributed by atoms with van der Waals surface area (Å²) in [5.41, 5.74) is 0. The Kier molecular flexibility index (Phi) is 6.32. The minimum absolute atomic E-state index is 0.306. The molecule has 0 bridgehead atoms. The van der Waals surface area contributed by atoms with Crippen LogP contribution in [0.4, 0.5) is 0 Å². The maximum Gasteiger partial charge on any atom is 0.138 e. The van der Waals surface area contributed by atoms with E-state index in [0.717, 1.165) is 35.3 Å². The second kappa shape index (κ2) is 6.64. The summed E-state index contributed by atoms with van der Waals surface area (Å²) < 4.78 is -0.306. The maximum atomic E-state index is 8.16. The van der Waals surface area contributed by atoms with Gasteiger partial charge in [0.1, 0.15) is 20.1 Å². The molecule has 0 saturated carbocycles. The van der Waals surface area contributed by atoms with E-state index in [-0.39, 0.29) is 3.91 Å². The highest BCUT2D eigenvalue weighted by Gasteiger charge is 2.08. The Morgan fingerprint density at radius 3 is 1.30 bits per heavy atom. The lowest BCUT2D eigenvalue weighted by molar-refractivity contribution is 1.56. The number of thiocyanates is 3. The number of nitrogens with zero attached hydrogens (tertiary/aromatic N) is 3. The number of hydrogen-bond acceptors (Lipinski definition) is 6. The lowest BCUT2D eigenvalue weighted by Crippen LogP contribution is -1.82. The number of nitriles is 3. The van der Waals surface area contributed by atoms with Gasteiger partial charge in [-0.25, -0.2) is 0 Å². The van der Waals surface area contributed by atoms with Crippen molar-refractivity contribution in [1.82, 2.24) is 0 Å². The minimum Gasteiger partial charge on any atom is -0.185 e. The molecule has 0 aromatic rings. The minimum atomic E-state index is -0.306. The van der Waals surface area contributed by atoms with Crippen molar-refractivity contribution in [2.75, 3.05) is 0 Å². The van der Waals surface area contributed by atoms with Gasteiger partial charge in [0.05, 0.1) is 0 Å². The first-order valence-electron chi connectivity index (χ1n) is 1.99. The normalized spacial score (nSPS) is 7.80. The average Bonchev–Trinajstić information content (AvgIpc) is 1.90. The van der Waals surface area contributed by atoms with Crippen LogP contribution in [0.5, 0.6) is 0 Å². The van der Waals surface area contributed by atoms with E-state index in [0.29, 0.717) is 0 Å². The maximum absolute atomic E-state index is 8.16. The second-order valence-electron chi connectivity index (χ2n) is 0.916. The lowest BCUT2D eigenvalue weighted by atomic mass is 11.8. The van der Waals surface area contributed by atoms with Crippen molar-refractivity contribution in [3.63, 3.8) is 0 Å². The zero-order valence-electron chi connectivity index (χ0n) is 4.64. The molecule has 0 aliphatic carbocycles. The third kappa shape index (κ3) is 4.40. The van der Waals surface area contributed by atoms with Crippen molar-refractivity contribution in [3.8, 4) is 16.2 Å². The predicted molar refractivity (Wildman–Crippen MR) is 43.4 cm³/mol. The summed E-state index contributed by atoms with van der Waals surface area (Å²) in [6.45, 7) is 0. The topological polar surface area (TPSA) is 71.4 Å². The summed E-state index contributed by atoms with van der Waals surface area (Å²) in [4.78, 5) is 0. The van der Waals surface area contributed by atoms with Crippen LogP contribution in [-0.2, 0) is 0 Å². The van der Waals surface area contributed by atoms with Crippen LogP contribution >= 0.6 is 35.3 Å². The van der Waals surface area contributed by atoms with E-state index in [1.165, 1.54) is 0 Å². The molecule has 6 heteroatoms. The molecule has 0 rings (SSSR count). The Bertz CT molecular complexity index is 169. The summed E-state index contributed by atoms with van der Waals surface area (Å²) in [6.07, 6.45) is 0. The molecule has 3 nitrogen and oxygen atoms in total. The van der Waals surface area contributed by atoms with E-state index in [1.807, 2.05) is 16.2 Å². The summed E-state index contributed by atoms with van der Waals surface area (Å²) in [6, 6.07) is 0. The third-order valence-electron chi connectivity index (χ3n) is 0.447. The molecule has 0 fully saturated rings. The number of thioether (sulfide) groups is 3. The van der Waals surface area contributed by atoms with Crippen LogP contribution in [0.25, 0.3) is 0 Å². The van der Waals surface area contributed by atoms with E-state index < -0.39 is 0 Å². The van der Waals surface area contributed by atoms with Gasteiger partial charge in [-0.2, -0.15) is 15.8 Å². The summed E-state index contributed by atoms with van der Waals surface area (Å²) in [5.74, 6) is 0. The Labute approximate surface area is 71.4 Å². The Balaban J connectivity index is 3.68. The van der Waals surface area contributed by atoms with Gasteiger partial charge >= 0.3 is 0 Å². The average molecular weight is 187 g/mol.